The summed E-state index contributed by atoms with van der Waals surface area (Å²) in [6.07, 6.45) is 5.77. The number of carbonyl (C=O) groups is 1. The fourth-order valence-electron chi connectivity index (χ4n) is 3.66. The highest BCUT2D eigenvalue weighted by Crippen LogP contribution is 2.24. The molecule has 5 rings (SSSR count). The minimum Gasteiger partial charge on any atom is -0.373 e. The van der Waals surface area contributed by atoms with Gasteiger partial charge >= 0.3 is 0 Å². The van der Waals surface area contributed by atoms with Crippen molar-refractivity contribution in [2.45, 2.75) is 23.9 Å². The number of sulfonamides is 1. The molecular weight excluding hydrogens is 428 g/mol. The van der Waals surface area contributed by atoms with E-state index in [2.05, 4.69) is 30.5 Å². The zero-order valence-corrected chi connectivity index (χ0v) is 17.7. The number of hydrogen-bond donors (Lipinski definition) is 4. The number of H-pyrrole nitrogens is 1. The average Bonchev–Trinajstić information content (AvgIpc) is 3.44. The predicted octanol–water partition coefficient (Wildman–Crippen LogP) is 2.41. The minimum absolute atomic E-state index is 0.117. The number of nitrogens with one attached hydrogen (secondary N) is 4. The van der Waals surface area contributed by atoms with E-state index in [0.29, 0.717) is 24.2 Å². The first kappa shape index (κ1) is 20.0. The van der Waals surface area contributed by atoms with Crippen LogP contribution in [0.1, 0.15) is 11.1 Å². The molecule has 162 valence electrons. The highest BCUT2D eigenvalue weighted by molar-refractivity contribution is 7.92. The maximum atomic E-state index is 12.7. The largest absolute Gasteiger partial charge is 0.373 e. The highest BCUT2D eigenvalue weighted by atomic mass is 32.2. The molecule has 2 aromatic carbocycles. The average molecular weight is 449 g/mol. The van der Waals surface area contributed by atoms with Crippen LogP contribution in [0.4, 0.5) is 11.4 Å². The number of pyridine rings is 1. The SMILES string of the molecule is O=C(NCc1ccc(S(=O)(=O)Nc2ccc3c[nH]nc3c2)cc1)C1Cc2cnccc2N1. The van der Waals surface area contributed by atoms with Gasteiger partial charge in [0.1, 0.15) is 6.04 Å². The topological polar surface area (TPSA) is 129 Å². The van der Waals surface area contributed by atoms with E-state index in [1.54, 1.807) is 48.9 Å². The molecule has 4 aromatic rings. The predicted molar refractivity (Wildman–Crippen MR) is 121 cm³/mol. The molecule has 1 atom stereocenters. The van der Waals surface area contributed by atoms with Gasteiger partial charge in [0.2, 0.25) is 5.91 Å². The normalized spacial score (nSPS) is 15.2. The number of fused-ring (bicyclic) bond motifs is 2. The van der Waals surface area contributed by atoms with Crippen LogP contribution in [0.5, 0.6) is 0 Å². The molecule has 2 aromatic heterocycles. The molecule has 1 aliphatic rings. The summed E-state index contributed by atoms with van der Waals surface area (Å²) in [5.41, 5.74) is 3.84. The molecule has 9 nitrogen and oxygen atoms in total. The Balaban J connectivity index is 1.20. The lowest BCUT2D eigenvalue weighted by Crippen LogP contribution is -2.38. The molecule has 0 radical (unpaired) electrons. The Kier molecular flexibility index (Phi) is 4.98. The molecule has 32 heavy (non-hydrogen) atoms. The summed E-state index contributed by atoms with van der Waals surface area (Å²) < 4.78 is 28.0. The van der Waals surface area contributed by atoms with Crippen LogP contribution in [0.15, 0.2) is 72.0 Å². The maximum absolute atomic E-state index is 12.7. The van der Waals surface area contributed by atoms with E-state index in [4.69, 9.17) is 0 Å². The molecule has 0 saturated carbocycles. The Morgan fingerprint density at radius 2 is 1.97 bits per heavy atom. The van der Waals surface area contributed by atoms with Gasteiger partial charge in [0.25, 0.3) is 10.0 Å². The lowest BCUT2D eigenvalue weighted by Gasteiger charge is -2.12. The van der Waals surface area contributed by atoms with E-state index in [0.717, 1.165) is 22.2 Å². The quantitative estimate of drug-likeness (QED) is 0.359. The number of nitrogens with zero attached hydrogens (tertiary/aromatic N) is 2. The van der Waals surface area contributed by atoms with E-state index >= 15 is 0 Å². The number of benzene rings is 2. The maximum Gasteiger partial charge on any atom is 0.261 e. The summed E-state index contributed by atoms with van der Waals surface area (Å²) in [6, 6.07) is 13.1. The second kappa shape index (κ2) is 7.97. The van der Waals surface area contributed by atoms with Crippen LogP contribution in [-0.4, -0.2) is 35.5 Å². The number of rotatable bonds is 6. The van der Waals surface area contributed by atoms with Crippen molar-refractivity contribution < 1.29 is 13.2 Å². The summed E-state index contributed by atoms with van der Waals surface area (Å²) in [5, 5.41) is 13.8. The van der Waals surface area contributed by atoms with Crippen molar-refractivity contribution in [3.63, 3.8) is 0 Å². The Morgan fingerprint density at radius 1 is 1.12 bits per heavy atom. The van der Waals surface area contributed by atoms with Crippen molar-refractivity contribution in [3.05, 3.63) is 78.2 Å². The van der Waals surface area contributed by atoms with Crippen LogP contribution in [0.3, 0.4) is 0 Å². The summed E-state index contributed by atoms with van der Waals surface area (Å²) in [5.74, 6) is -0.117. The van der Waals surface area contributed by atoms with Crippen LogP contribution < -0.4 is 15.4 Å². The monoisotopic (exact) mass is 448 g/mol. The molecule has 1 aliphatic heterocycles. The molecule has 0 fully saturated rings. The van der Waals surface area contributed by atoms with Crippen LogP contribution in [0, 0.1) is 0 Å². The highest BCUT2D eigenvalue weighted by Gasteiger charge is 2.26. The lowest BCUT2D eigenvalue weighted by atomic mass is 10.1. The Labute approximate surface area is 184 Å². The molecule has 1 amide bonds. The van der Waals surface area contributed by atoms with Gasteiger partial charge in [0, 0.05) is 42.6 Å². The Morgan fingerprint density at radius 3 is 2.78 bits per heavy atom. The molecule has 0 bridgehead atoms. The van der Waals surface area contributed by atoms with Crippen LogP contribution in [0.2, 0.25) is 0 Å². The number of aromatic amines is 1. The van der Waals surface area contributed by atoms with E-state index in [9.17, 15) is 13.2 Å². The molecule has 4 N–H and O–H groups in total. The van der Waals surface area contributed by atoms with Gasteiger partial charge in [-0.2, -0.15) is 5.10 Å². The van der Waals surface area contributed by atoms with E-state index < -0.39 is 10.0 Å². The van der Waals surface area contributed by atoms with Gasteiger partial charge in [-0.05, 0) is 47.5 Å². The van der Waals surface area contributed by atoms with Crippen molar-refractivity contribution in [1.82, 2.24) is 20.5 Å². The first-order valence-electron chi connectivity index (χ1n) is 10.0. The third-order valence-electron chi connectivity index (χ3n) is 5.36. The van der Waals surface area contributed by atoms with Crippen molar-refractivity contribution >= 4 is 38.2 Å². The molecule has 0 saturated heterocycles. The molecule has 3 heterocycles. The van der Waals surface area contributed by atoms with Crippen LogP contribution in [0.25, 0.3) is 10.9 Å². The van der Waals surface area contributed by atoms with E-state index in [1.807, 2.05) is 6.07 Å². The molecule has 0 aliphatic carbocycles. The fraction of sp³-hybridized carbons (Fsp3) is 0.136. The van der Waals surface area contributed by atoms with E-state index in [-0.39, 0.29) is 16.8 Å². The number of carbonyl (C=O) groups excluding carboxylic acids is 1. The second-order valence-corrected chi connectivity index (χ2v) is 9.24. The van der Waals surface area contributed by atoms with Gasteiger partial charge < -0.3 is 10.6 Å². The van der Waals surface area contributed by atoms with Crippen LogP contribution >= 0.6 is 0 Å². The smallest absolute Gasteiger partial charge is 0.261 e. The van der Waals surface area contributed by atoms with Crippen molar-refractivity contribution in [2.24, 2.45) is 0 Å². The molecule has 1 unspecified atom stereocenters. The zero-order chi connectivity index (χ0) is 22.1. The molecule has 0 spiro atoms. The summed E-state index contributed by atoms with van der Waals surface area (Å²) in [4.78, 5) is 16.7. The standard InChI is InChI=1S/C22H20N6O3S/c29-22(21-9-16-12-23-8-7-19(16)26-21)24-11-14-1-5-18(6-2-14)32(30,31)28-17-4-3-15-13-25-27-20(15)10-17/h1-8,10,12-13,21,26,28H,9,11H2,(H,24,29)(H,25,27). The molecule has 10 heteroatoms. The Bertz CT molecular complexity index is 1370. The van der Waals surface area contributed by atoms with Gasteiger partial charge in [-0.3, -0.25) is 19.6 Å². The summed E-state index contributed by atoms with van der Waals surface area (Å²) in [7, 11) is -3.75. The number of aromatic nitrogens is 3. The number of anilines is 2. The summed E-state index contributed by atoms with van der Waals surface area (Å²) in [6.45, 7) is 0.301. The first-order valence-corrected chi connectivity index (χ1v) is 11.5. The Hall–Kier alpha value is -3.92. The van der Waals surface area contributed by atoms with Gasteiger partial charge in [-0.1, -0.05) is 12.1 Å². The minimum atomic E-state index is -3.75. The third kappa shape index (κ3) is 4.00. The van der Waals surface area contributed by atoms with Crippen LogP contribution in [-0.2, 0) is 27.8 Å². The molecular formula is C22H20N6O3S. The second-order valence-electron chi connectivity index (χ2n) is 7.56. The van der Waals surface area contributed by atoms with Gasteiger partial charge in [-0.25, -0.2) is 8.42 Å². The van der Waals surface area contributed by atoms with Gasteiger partial charge in [-0.15, -0.1) is 0 Å². The van der Waals surface area contributed by atoms with Crippen molar-refractivity contribution in [2.75, 3.05) is 10.0 Å². The zero-order valence-electron chi connectivity index (χ0n) is 16.9. The lowest BCUT2D eigenvalue weighted by molar-refractivity contribution is -0.121. The van der Waals surface area contributed by atoms with Crippen molar-refractivity contribution in [3.8, 4) is 0 Å². The van der Waals surface area contributed by atoms with Crippen molar-refractivity contribution in [1.29, 1.82) is 0 Å². The van der Waals surface area contributed by atoms with Gasteiger partial charge in [0.05, 0.1) is 16.1 Å². The fourth-order valence-corrected chi connectivity index (χ4v) is 4.71. The van der Waals surface area contributed by atoms with E-state index in [1.165, 1.54) is 12.1 Å². The summed E-state index contributed by atoms with van der Waals surface area (Å²) >= 11 is 0. The first-order chi connectivity index (χ1) is 15.5. The number of amides is 1. The third-order valence-corrected chi connectivity index (χ3v) is 6.76. The van der Waals surface area contributed by atoms with Gasteiger partial charge in [0.15, 0.2) is 0 Å². The number of hydrogen-bond acceptors (Lipinski definition) is 6.